The van der Waals surface area contributed by atoms with Gasteiger partial charge >= 0.3 is 0 Å². The highest BCUT2D eigenvalue weighted by Crippen LogP contribution is 2.18. The summed E-state index contributed by atoms with van der Waals surface area (Å²) in [6.45, 7) is 3.30. The second kappa shape index (κ2) is 5.41. The van der Waals surface area contributed by atoms with Crippen molar-refractivity contribution >= 4 is 31.9 Å². The summed E-state index contributed by atoms with van der Waals surface area (Å²) in [6.07, 6.45) is 4.45. The van der Waals surface area contributed by atoms with Gasteiger partial charge in [0.2, 0.25) is 0 Å². The van der Waals surface area contributed by atoms with Crippen LogP contribution < -0.4 is 0 Å². The van der Waals surface area contributed by atoms with Gasteiger partial charge in [0.25, 0.3) is 0 Å². The highest BCUT2D eigenvalue weighted by molar-refractivity contribution is 9.10. The van der Waals surface area contributed by atoms with Crippen LogP contribution in [0, 0.1) is 0 Å². The number of aromatic nitrogens is 1. The second-order valence-electron chi connectivity index (χ2n) is 3.94. The fraction of sp³-hybridized carbons (Fsp3) is 0.545. The van der Waals surface area contributed by atoms with Gasteiger partial charge in [-0.2, -0.15) is 0 Å². The lowest BCUT2D eigenvalue weighted by Crippen LogP contribution is -2.35. The van der Waals surface area contributed by atoms with Gasteiger partial charge in [-0.3, -0.25) is 9.88 Å². The van der Waals surface area contributed by atoms with Gasteiger partial charge in [-0.1, -0.05) is 15.9 Å². The highest BCUT2D eigenvalue weighted by Gasteiger charge is 2.17. The maximum Gasteiger partial charge on any atom is 0.0544 e. The van der Waals surface area contributed by atoms with Crippen molar-refractivity contribution in [2.45, 2.75) is 24.2 Å². The Morgan fingerprint density at radius 3 is 3.00 bits per heavy atom. The summed E-state index contributed by atoms with van der Waals surface area (Å²) in [7, 11) is 0. The number of alkyl halides is 1. The largest absolute Gasteiger partial charge is 0.296 e. The third kappa shape index (κ3) is 3.54. The Labute approximate surface area is 107 Å². The molecular weight excluding hydrogens is 320 g/mol. The van der Waals surface area contributed by atoms with E-state index in [2.05, 4.69) is 53.9 Å². The molecule has 2 nitrogen and oxygen atoms in total. The maximum absolute atomic E-state index is 4.39. The number of likely N-dealkylation sites (tertiary alicyclic amines) is 1. The summed E-state index contributed by atoms with van der Waals surface area (Å²) in [5.41, 5.74) is 1.15. The molecule has 2 rings (SSSR count). The van der Waals surface area contributed by atoms with Gasteiger partial charge in [-0.25, -0.2) is 0 Å². The first-order chi connectivity index (χ1) is 7.24. The second-order valence-corrected chi connectivity index (χ2v) is 6.15. The molecule has 0 bridgehead atoms. The van der Waals surface area contributed by atoms with Crippen LogP contribution in [0.1, 0.15) is 18.5 Å². The third-order valence-electron chi connectivity index (χ3n) is 2.62. The molecule has 1 aliphatic heterocycles. The smallest absolute Gasteiger partial charge is 0.0544 e. The van der Waals surface area contributed by atoms with E-state index in [1.807, 2.05) is 6.20 Å². The molecule has 2 heterocycles. The van der Waals surface area contributed by atoms with Crippen molar-refractivity contribution in [3.63, 3.8) is 0 Å². The SMILES string of the molecule is Brc1ccc(CN2CCCC(Br)C2)nc1. The van der Waals surface area contributed by atoms with Gasteiger partial charge in [0, 0.05) is 28.6 Å². The van der Waals surface area contributed by atoms with Crippen molar-refractivity contribution in [3.8, 4) is 0 Å². The predicted molar refractivity (Wildman–Crippen MR) is 69.2 cm³/mol. The van der Waals surface area contributed by atoms with E-state index in [-0.39, 0.29) is 0 Å². The zero-order valence-electron chi connectivity index (χ0n) is 8.50. The molecule has 15 heavy (non-hydrogen) atoms. The number of nitrogens with zero attached hydrogens (tertiary/aromatic N) is 2. The van der Waals surface area contributed by atoms with Crippen molar-refractivity contribution in [1.82, 2.24) is 9.88 Å². The molecule has 0 spiro atoms. The lowest BCUT2D eigenvalue weighted by molar-refractivity contribution is 0.225. The van der Waals surface area contributed by atoms with E-state index >= 15 is 0 Å². The van der Waals surface area contributed by atoms with E-state index in [4.69, 9.17) is 0 Å². The lowest BCUT2D eigenvalue weighted by atomic mass is 10.1. The molecule has 0 N–H and O–H groups in total. The molecule has 4 heteroatoms. The fourth-order valence-electron chi connectivity index (χ4n) is 1.87. The number of hydrogen-bond acceptors (Lipinski definition) is 2. The van der Waals surface area contributed by atoms with Gasteiger partial charge < -0.3 is 0 Å². The first-order valence-corrected chi connectivity index (χ1v) is 6.92. The minimum absolute atomic E-state index is 0.654. The average molecular weight is 334 g/mol. The molecule has 1 aromatic rings. The maximum atomic E-state index is 4.39. The van der Waals surface area contributed by atoms with E-state index in [1.54, 1.807) is 0 Å². The molecule has 1 aliphatic rings. The molecule has 0 aromatic carbocycles. The van der Waals surface area contributed by atoms with E-state index in [9.17, 15) is 0 Å². The summed E-state index contributed by atoms with van der Waals surface area (Å²) >= 11 is 7.08. The number of halogens is 2. The van der Waals surface area contributed by atoms with Crippen LogP contribution >= 0.6 is 31.9 Å². The fourth-order valence-corrected chi connectivity index (χ4v) is 2.84. The van der Waals surface area contributed by atoms with Crippen LogP contribution in [0.5, 0.6) is 0 Å². The third-order valence-corrected chi connectivity index (χ3v) is 3.84. The molecule has 1 unspecified atom stereocenters. The van der Waals surface area contributed by atoms with E-state index < -0.39 is 0 Å². The van der Waals surface area contributed by atoms with Gasteiger partial charge in [0.15, 0.2) is 0 Å². The molecule has 1 saturated heterocycles. The van der Waals surface area contributed by atoms with E-state index in [0.717, 1.165) is 23.3 Å². The Hall–Kier alpha value is 0.0700. The van der Waals surface area contributed by atoms with Crippen LogP contribution in [0.3, 0.4) is 0 Å². The zero-order valence-corrected chi connectivity index (χ0v) is 11.7. The quantitative estimate of drug-likeness (QED) is 0.773. The molecule has 1 aromatic heterocycles. The van der Waals surface area contributed by atoms with Crippen LogP contribution in [0.15, 0.2) is 22.8 Å². The van der Waals surface area contributed by atoms with E-state index in [1.165, 1.54) is 19.4 Å². The first kappa shape index (κ1) is 11.6. The molecule has 1 fully saturated rings. The average Bonchev–Trinajstić information content (AvgIpc) is 2.22. The van der Waals surface area contributed by atoms with Gasteiger partial charge in [-0.15, -0.1) is 0 Å². The lowest BCUT2D eigenvalue weighted by Gasteiger charge is -2.29. The monoisotopic (exact) mass is 332 g/mol. The van der Waals surface area contributed by atoms with Crippen molar-refractivity contribution < 1.29 is 0 Å². The van der Waals surface area contributed by atoms with Gasteiger partial charge in [-0.05, 0) is 47.4 Å². The van der Waals surface area contributed by atoms with Crippen LogP contribution in [-0.2, 0) is 6.54 Å². The number of pyridine rings is 1. The van der Waals surface area contributed by atoms with E-state index in [0.29, 0.717) is 4.83 Å². The van der Waals surface area contributed by atoms with Crippen LogP contribution in [0.4, 0.5) is 0 Å². The van der Waals surface area contributed by atoms with Crippen LogP contribution in [0.25, 0.3) is 0 Å². The van der Waals surface area contributed by atoms with Crippen molar-refractivity contribution in [3.05, 3.63) is 28.5 Å². The van der Waals surface area contributed by atoms with Crippen molar-refractivity contribution in [2.24, 2.45) is 0 Å². The van der Waals surface area contributed by atoms with Crippen molar-refractivity contribution in [1.29, 1.82) is 0 Å². The van der Waals surface area contributed by atoms with Gasteiger partial charge in [0.1, 0.15) is 0 Å². The predicted octanol–water partition coefficient (Wildman–Crippen LogP) is 3.20. The number of rotatable bonds is 2. The Morgan fingerprint density at radius 1 is 1.47 bits per heavy atom. The number of hydrogen-bond donors (Lipinski definition) is 0. The Bertz CT molecular complexity index is 313. The first-order valence-electron chi connectivity index (χ1n) is 5.21. The Balaban J connectivity index is 1.93. The summed E-state index contributed by atoms with van der Waals surface area (Å²) in [4.78, 5) is 7.51. The molecule has 0 amide bonds. The van der Waals surface area contributed by atoms with Gasteiger partial charge in [0.05, 0.1) is 5.69 Å². The summed E-state index contributed by atoms with van der Waals surface area (Å²) in [6, 6.07) is 4.14. The topological polar surface area (TPSA) is 16.1 Å². The zero-order chi connectivity index (χ0) is 10.7. The molecule has 1 atom stereocenters. The molecule has 82 valence electrons. The van der Waals surface area contributed by atoms with Crippen LogP contribution in [0.2, 0.25) is 0 Å². The van der Waals surface area contributed by atoms with Crippen molar-refractivity contribution in [2.75, 3.05) is 13.1 Å². The molecule has 0 radical (unpaired) electrons. The summed E-state index contributed by atoms with van der Waals surface area (Å²) in [5, 5.41) is 0. The Morgan fingerprint density at radius 2 is 2.33 bits per heavy atom. The summed E-state index contributed by atoms with van der Waals surface area (Å²) in [5.74, 6) is 0. The minimum atomic E-state index is 0.654. The molecule has 0 saturated carbocycles. The van der Waals surface area contributed by atoms with Crippen LogP contribution in [-0.4, -0.2) is 27.8 Å². The standard InChI is InChI=1S/C11H14Br2N2/c12-9-3-4-11(14-6-9)8-15-5-1-2-10(13)7-15/h3-4,6,10H,1-2,5,7-8H2. The highest BCUT2D eigenvalue weighted by atomic mass is 79.9. The number of piperidine rings is 1. The summed E-state index contributed by atoms with van der Waals surface area (Å²) < 4.78 is 1.04. The minimum Gasteiger partial charge on any atom is -0.296 e. The Kier molecular flexibility index (Phi) is 4.17. The molecular formula is C11H14Br2N2. The molecule has 0 aliphatic carbocycles. The normalized spacial score (nSPS) is 22.9.